The fourth-order valence-corrected chi connectivity index (χ4v) is 3.05. The highest BCUT2D eigenvalue weighted by atomic mass is 127. The van der Waals surface area contributed by atoms with E-state index in [0.29, 0.717) is 6.54 Å². The quantitative estimate of drug-likeness (QED) is 0.210. The molecule has 0 bridgehead atoms. The Labute approximate surface area is 159 Å². The van der Waals surface area contributed by atoms with Crippen LogP contribution in [0.2, 0.25) is 0 Å². The van der Waals surface area contributed by atoms with Crippen molar-refractivity contribution < 1.29 is 4.39 Å². The molecular weight excluding hydrogens is 424 g/mol. The van der Waals surface area contributed by atoms with Crippen LogP contribution in [0.4, 0.5) is 4.39 Å². The molecule has 0 spiro atoms. The molecule has 0 saturated heterocycles. The number of hydrogen-bond donors (Lipinski definition) is 2. The third-order valence-electron chi connectivity index (χ3n) is 3.89. The first-order valence-corrected chi connectivity index (χ1v) is 8.75. The van der Waals surface area contributed by atoms with Gasteiger partial charge in [0.15, 0.2) is 5.96 Å². The van der Waals surface area contributed by atoms with Gasteiger partial charge in [-0.2, -0.15) is 11.8 Å². The van der Waals surface area contributed by atoms with Crippen LogP contribution in [-0.2, 0) is 5.41 Å². The maximum Gasteiger partial charge on any atom is 0.191 e. The van der Waals surface area contributed by atoms with Crippen LogP contribution in [0.3, 0.4) is 0 Å². The van der Waals surface area contributed by atoms with Crippen molar-refractivity contribution in [2.45, 2.75) is 18.3 Å². The van der Waals surface area contributed by atoms with E-state index in [2.05, 4.69) is 22.2 Å². The molecule has 1 aromatic carbocycles. The number of hydrogen-bond acceptors (Lipinski definition) is 2. The number of thioether (sulfide) groups is 1. The highest BCUT2D eigenvalue weighted by Gasteiger charge is 2.45. The largest absolute Gasteiger partial charge is 0.356 e. The van der Waals surface area contributed by atoms with Crippen molar-refractivity contribution in [1.82, 2.24) is 10.6 Å². The summed E-state index contributed by atoms with van der Waals surface area (Å²) in [5.41, 5.74) is 0.750. The Balaban J connectivity index is 0.00000264. The standard InChI is InChI=1S/C17H24FN3S.HI/c1-3-11-22-12-10-20-16(19-2)21-13-17(8-9-17)14-6-4-5-7-15(14)18;/h3-7H,1,8-13H2,2H3,(H2,19,20,21);1H. The number of guanidine groups is 1. The van der Waals surface area contributed by atoms with Gasteiger partial charge in [-0.1, -0.05) is 24.3 Å². The monoisotopic (exact) mass is 449 g/mol. The van der Waals surface area contributed by atoms with Crippen LogP contribution < -0.4 is 10.6 Å². The van der Waals surface area contributed by atoms with Gasteiger partial charge in [0.1, 0.15) is 5.82 Å². The van der Waals surface area contributed by atoms with Crippen molar-refractivity contribution in [1.29, 1.82) is 0 Å². The van der Waals surface area contributed by atoms with Crippen LogP contribution in [0.25, 0.3) is 0 Å². The lowest BCUT2D eigenvalue weighted by Crippen LogP contribution is -2.42. The van der Waals surface area contributed by atoms with E-state index in [1.54, 1.807) is 19.2 Å². The molecule has 128 valence electrons. The maximum absolute atomic E-state index is 14.0. The molecule has 0 radical (unpaired) electrons. The van der Waals surface area contributed by atoms with Crippen LogP contribution >= 0.6 is 35.7 Å². The Kier molecular flexibility index (Phi) is 8.98. The molecule has 0 heterocycles. The van der Waals surface area contributed by atoms with Crippen LogP contribution in [-0.4, -0.2) is 37.6 Å². The summed E-state index contributed by atoms with van der Waals surface area (Å²) in [7, 11) is 1.76. The second kappa shape index (κ2) is 10.2. The molecule has 1 aliphatic carbocycles. The van der Waals surface area contributed by atoms with Crippen LogP contribution in [0.5, 0.6) is 0 Å². The van der Waals surface area contributed by atoms with Gasteiger partial charge in [-0.3, -0.25) is 4.99 Å². The fraction of sp³-hybridized carbons (Fsp3) is 0.471. The van der Waals surface area contributed by atoms with Gasteiger partial charge in [-0.05, 0) is 24.5 Å². The number of benzene rings is 1. The third-order valence-corrected chi connectivity index (χ3v) is 4.86. The zero-order chi connectivity index (χ0) is 15.8. The van der Waals surface area contributed by atoms with E-state index in [0.717, 1.165) is 42.4 Å². The summed E-state index contributed by atoms with van der Waals surface area (Å²) in [6.45, 7) is 5.27. The van der Waals surface area contributed by atoms with Gasteiger partial charge in [0.05, 0.1) is 0 Å². The minimum absolute atomic E-state index is 0. The predicted molar refractivity (Wildman–Crippen MR) is 110 cm³/mol. The number of nitrogens with one attached hydrogen (secondary N) is 2. The van der Waals surface area contributed by atoms with Gasteiger partial charge in [0.25, 0.3) is 0 Å². The molecule has 0 atom stereocenters. The summed E-state index contributed by atoms with van der Waals surface area (Å²) in [4.78, 5) is 4.22. The lowest BCUT2D eigenvalue weighted by Gasteiger charge is -2.19. The van der Waals surface area contributed by atoms with E-state index >= 15 is 0 Å². The summed E-state index contributed by atoms with van der Waals surface area (Å²) >= 11 is 1.83. The smallest absolute Gasteiger partial charge is 0.191 e. The van der Waals surface area contributed by atoms with E-state index in [4.69, 9.17) is 0 Å². The summed E-state index contributed by atoms with van der Waals surface area (Å²) in [5, 5.41) is 6.62. The summed E-state index contributed by atoms with van der Waals surface area (Å²) < 4.78 is 14.0. The molecule has 2 rings (SSSR count). The molecule has 1 aromatic rings. The first kappa shape index (κ1) is 20.3. The highest BCUT2D eigenvalue weighted by molar-refractivity contribution is 14.0. The molecule has 0 amide bonds. The number of rotatable bonds is 8. The fourth-order valence-electron chi connectivity index (χ4n) is 2.47. The summed E-state index contributed by atoms with van der Waals surface area (Å²) in [6, 6.07) is 7.08. The molecule has 1 fully saturated rings. The minimum Gasteiger partial charge on any atom is -0.356 e. The normalized spacial score (nSPS) is 15.5. The first-order valence-electron chi connectivity index (χ1n) is 7.60. The molecule has 2 N–H and O–H groups in total. The van der Waals surface area contributed by atoms with Gasteiger partial charge < -0.3 is 10.6 Å². The molecule has 23 heavy (non-hydrogen) atoms. The Morgan fingerprint density at radius 2 is 2.13 bits per heavy atom. The molecule has 1 saturated carbocycles. The van der Waals surface area contributed by atoms with E-state index in [1.165, 1.54) is 0 Å². The molecule has 0 aromatic heterocycles. The van der Waals surface area contributed by atoms with Crippen molar-refractivity contribution in [3.05, 3.63) is 48.3 Å². The van der Waals surface area contributed by atoms with E-state index in [1.807, 2.05) is 30.0 Å². The lowest BCUT2D eigenvalue weighted by atomic mass is 9.95. The molecule has 6 heteroatoms. The number of halogens is 2. The second-order valence-corrected chi connectivity index (χ2v) is 6.63. The van der Waals surface area contributed by atoms with Gasteiger partial charge in [0, 0.05) is 37.1 Å². The first-order chi connectivity index (χ1) is 10.7. The van der Waals surface area contributed by atoms with E-state index in [9.17, 15) is 4.39 Å². The molecule has 0 aliphatic heterocycles. The Morgan fingerprint density at radius 3 is 2.74 bits per heavy atom. The van der Waals surface area contributed by atoms with Gasteiger partial charge in [0.2, 0.25) is 0 Å². The summed E-state index contributed by atoms with van der Waals surface area (Å²) in [5.74, 6) is 2.64. The van der Waals surface area contributed by atoms with Gasteiger partial charge >= 0.3 is 0 Å². The average molecular weight is 449 g/mol. The van der Waals surface area contributed by atoms with Crippen molar-refractivity contribution in [3.63, 3.8) is 0 Å². The minimum atomic E-state index is -0.106. The zero-order valence-electron chi connectivity index (χ0n) is 13.5. The van der Waals surface area contributed by atoms with Crippen LogP contribution in [0, 0.1) is 5.82 Å². The van der Waals surface area contributed by atoms with Crippen molar-refractivity contribution in [2.75, 3.05) is 31.6 Å². The Bertz CT molecular complexity index is 532. The highest BCUT2D eigenvalue weighted by Crippen LogP contribution is 2.48. The molecule has 1 aliphatic rings. The maximum atomic E-state index is 14.0. The second-order valence-electron chi connectivity index (χ2n) is 5.48. The van der Waals surface area contributed by atoms with Crippen molar-refractivity contribution in [3.8, 4) is 0 Å². The van der Waals surface area contributed by atoms with Crippen molar-refractivity contribution >= 4 is 41.7 Å². The predicted octanol–water partition coefficient (Wildman–Crippen LogP) is 3.56. The van der Waals surface area contributed by atoms with Crippen molar-refractivity contribution in [2.24, 2.45) is 4.99 Å². The molecule has 0 unspecified atom stereocenters. The van der Waals surface area contributed by atoms with Gasteiger partial charge in [-0.15, -0.1) is 30.6 Å². The third kappa shape index (κ3) is 5.99. The van der Waals surface area contributed by atoms with E-state index in [-0.39, 0.29) is 35.2 Å². The Hall–Kier alpha value is -0.760. The SMILES string of the molecule is C=CCSCCNC(=NC)NCC1(c2ccccc2F)CC1.I. The average Bonchev–Trinajstić information content (AvgIpc) is 3.31. The summed E-state index contributed by atoms with van der Waals surface area (Å²) in [6.07, 6.45) is 3.95. The van der Waals surface area contributed by atoms with Crippen LogP contribution in [0.1, 0.15) is 18.4 Å². The molecular formula is C17H25FIN3S. The van der Waals surface area contributed by atoms with E-state index < -0.39 is 0 Å². The van der Waals surface area contributed by atoms with Gasteiger partial charge in [-0.25, -0.2) is 4.39 Å². The Morgan fingerprint density at radius 1 is 1.39 bits per heavy atom. The number of aliphatic imine (C=N–C) groups is 1. The molecule has 3 nitrogen and oxygen atoms in total. The zero-order valence-corrected chi connectivity index (χ0v) is 16.6. The van der Waals surface area contributed by atoms with Crippen LogP contribution in [0.15, 0.2) is 41.9 Å². The topological polar surface area (TPSA) is 36.4 Å². The lowest BCUT2D eigenvalue weighted by molar-refractivity contribution is 0.560. The number of nitrogens with zero attached hydrogens (tertiary/aromatic N) is 1.